The van der Waals surface area contributed by atoms with E-state index in [2.05, 4.69) is 37.6 Å². The highest BCUT2D eigenvalue weighted by Gasteiger charge is 2.24. The minimum atomic E-state index is 0.0301. The van der Waals surface area contributed by atoms with Gasteiger partial charge in [-0.1, -0.05) is 44.2 Å². The predicted octanol–water partition coefficient (Wildman–Crippen LogP) is 2.98. The van der Waals surface area contributed by atoms with Crippen LogP contribution in [0.15, 0.2) is 36.9 Å². The molecule has 154 valence electrons. The summed E-state index contributed by atoms with van der Waals surface area (Å²) in [4.78, 5) is 9.04. The number of nitrogens with one attached hydrogen (secondary N) is 1. The lowest BCUT2D eigenvalue weighted by Crippen LogP contribution is -2.20. The van der Waals surface area contributed by atoms with Crippen LogP contribution in [0.1, 0.15) is 68.7 Å². The van der Waals surface area contributed by atoms with Crippen LogP contribution < -0.4 is 5.32 Å². The van der Waals surface area contributed by atoms with E-state index in [1.807, 2.05) is 46.3 Å². The molecule has 4 rings (SSSR count). The van der Waals surface area contributed by atoms with Crippen LogP contribution in [0.2, 0.25) is 0 Å². The van der Waals surface area contributed by atoms with Gasteiger partial charge in [0, 0.05) is 25.1 Å². The Kier molecular flexibility index (Phi) is 6.61. The summed E-state index contributed by atoms with van der Waals surface area (Å²) in [5, 5.41) is 16.7. The van der Waals surface area contributed by atoms with Gasteiger partial charge in [0.2, 0.25) is 0 Å². The minimum Gasteiger partial charge on any atom is -0.311 e. The largest absolute Gasteiger partial charge is 0.311 e. The molecule has 8 nitrogen and oxygen atoms in total. The molecule has 1 N–H and O–H groups in total. The topological polar surface area (TPSA) is 86.3 Å². The number of nitrogens with zero attached hydrogens (tertiary/aromatic N) is 7. The summed E-state index contributed by atoms with van der Waals surface area (Å²) in [5.74, 6) is 1.52. The molecular formula is C21H30N8. The molecule has 0 radical (unpaired) electrons. The third-order valence-electron chi connectivity index (χ3n) is 5.62. The summed E-state index contributed by atoms with van der Waals surface area (Å²) in [7, 11) is 0. The van der Waals surface area contributed by atoms with E-state index in [0.29, 0.717) is 12.5 Å². The molecule has 0 spiro atoms. The number of aromatic nitrogens is 7. The van der Waals surface area contributed by atoms with Crippen molar-refractivity contribution in [3.05, 3.63) is 54.1 Å². The van der Waals surface area contributed by atoms with Gasteiger partial charge in [0.1, 0.15) is 11.7 Å². The zero-order valence-electron chi connectivity index (χ0n) is 17.1. The smallest absolute Gasteiger partial charge is 0.152 e. The van der Waals surface area contributed by atoms with Crippen LogP contribution in [0, 0.1) is 5.92 Å². The van der Waals surface area contributed by atoms with Gasteiger partial charge in [0.25, 0.3) is 0 Å². The lowest BCUT2D eigenvalue weighted by Gasteiger charge is -2.25. The maximum atomic E-state index is 4.60. The van der Waals surface area contributed by atoms with E-state index >= 15 is 0 Å². The van der Waals surface area contributed by atoms with Crippen molar-refractivity contribution in [2.24, 2.45) is 5.92 Å². The fourth-order valence-electron chi connectivity index (χ4n) is 4.10. The SMILES string of the molecule is CCNCc1ccn(Cc2cn(C(CC3CCCCC3)c3ncccn3)nn2)n1. The van der Waals surface area contributed by atoms with Crippen LogP contribution in [0.25, 0.3) is 0 Å². The minimum absolute atomic E-state index is 0.0301. The first-order chi connectivity index (χ1) is 14.3. The fourth-order valence-corrected chi connectivity index (χ4v) is 4.10. The average molecular weight is 395 g/mol. The molecule has 3 aromatic rings. The lowest BCUT2D eigenvalue weighted by molar-refractivity contribution is 0.289. The summed E-state index contributed by atoms with van der Waals surface area (Å²) in [6.07, 6.45) is 15.2. The lowest BCUT2D eigenvalue weighted by atomic mass is 9.84. The van der Waals surface area contributed by atoms with Crippen molar-refractivity contribution in [1.82, 2.24) is 40.1 Å². The highest BCUT2D eigenvalue weighted by molar-refractivity contribution is 5.04. The van der Waals surface area contributed by atoms with Crippen LogP contribution in [0.3, 0.4) is 0 Å². The van der Waals surface area contributed by atoms with Crippen molar-refractivity contribution < 1.29 is 0 Å². The standard InChI is InChI=1S/C21H30N8/c1-2-22-14-18-9-12-28(26-18)15-19-16-29(27-25-19)20(21-23-10-6-11-24-21)13-17-7-4-3-5-8-17/h6,9-12,16-17,20,22H,2-5,7-8,13-15H2,1H3. The van der Waals surface area contributed by atoms with E-state index in [0.717, 1.165) is 36.7 Å². The summed E-state index contributed by atoms with van der Waals surface area (Å²) in [6.45, 7) is 4.42. The molecule has 1 aliphatic carbocycles. The van der Waals surface area contributed by atoms with Crippen molar-refractivity contribution in [3.63, 3.8) is 0 Å². The van der Waals surface area contributed by atoms with Gasteiger partial charge in [0.05, 0.1) is 18.4 Å². The summed E-state index contributed by atoms with van der Waals surface area (Å²) in [6, 6.07) is 3.93. The number of rotatable bonds is 9. The van der Waals surface area contributed by atoms with Gasteiger partial charge >= 0.3 is 0 Å². The van der Waals surface area contributed by atoms with Gasteiger partial charge in [-0.2, -0.15) is 5.10 Å². The quantitative estimate of drug-likeness (QED) is 0.600. The van der Waals surface area contributed by atoms with Crippen LogP contribution in [-0.4, -0.2) is 41.3 Å². The van der Waals surface area contributed by atoms with E-state index < -0.39 is 0 Å². The summed E-state index contributed by atoms with van der Waals surface area (Å²) >= 11 is 0. The molecule has 1 aliphatic rings. The second-order valence-electron chi connectivity index (χ2n) is 7.84. The molecule has 3 aromatic heterocycles. The molecule has 3 heterocycles. The molecule has 0 aromatic carbocycles. The van der Waals surface area contributed by atoms with Crippen molar-refractivity contribution in [2.75, 3.05) is 6.54 Å². The average Bonchev–Trinajstić information content (AvgIpc) is 3.42. The van der Waals surface area contributed by atoms with Crippen LogP contribution >= 0.6 is 0 Å². The molecular weight excluding hydrogens is 364 g/mol. The first-order valence-corrected chi connectivity index (χ1v) is 10.7. The monoisotopic (exact) mass is 394 g/mol. The third-order valence-corrected chi connectivity index (χ3v) is 5.62. The maximum absolute atomic E-state index is 4.60. The molecule has 0 amide bonds. The second kappa shape index (κ2) is 9.73. The third kappa shape index (κ3) is 5.26. The van der Waals surface area contributed by atoms with Crippen molar-refractivity contribution >= 4 is 0 Å². The Bertz CT molecular complexity index is 866. The van der Waals surface area contributed by atoms with E-state index in [1.54, 1.807) is 0 Å². The van der Waals surface area contributed by atoms with E-state index in [4.69, 9.17) is 0 Å². The first-order valence-electron chi connectivity index (χ1n) is 10.7. The summed E-state index contributed by atoms with van der Waals surface area (Å²) in [5.41, 5.74) is 1.93. The predicted molar refractivity (Wildman–Crippen MR) is 110 cm³/mol. The van der Waals surface area contributed by atoms with E-state index in [1.165, 1.54) is 32.1 Å². The Morgan fingerprint density at radius 3 is 2.76 bits per heavy atom. The molecule has 0 bridgehead atoms. The van der Waals surface area contributed by atoms with E-state index in [-0.39, 0.29) is 6.04 Å². The molecule has 0 aliphatic heterocycles. The Morgan fingerprint density at radius 2 is 1.97 bits per heavy atom. The zero-order valence-corrected chi connectivity index (χ0v) is 17.1. The fraction of sp³-hybridized carbons (Fsp3) is 0.571. The first kappa shape index (κ1) is 19.7. The van der Waals surface area contributed by atoms with Gasteiger partial charge in [0.15, 0.2) is 5.82 Å². The number of hydrogen-bond donors (Lipinski definition) is 1. The van der Waals surface area contributed by atoms with Crippen molar-refractivity contribution in [3.8, 4) is 0 Å². The molecule has 1 saturated carbocycles. The van der Waals surface area contributed by atoms with Gasteiger partial charge in [-0.05, 0) is 31.0 Å². The second-order valence-corrected chi connectivity index (χ2v) is 7.84. The normalized spacial score (nSPS) is 16.2. The van der Waals surface area contributed by atoms with Gasteiger partial charge < -0.3 is 5.32 Å². The van der Waals surface area contributed by atoms with Gasteiger partial charge in [-0.15, -0.1) is 5.10 Å². The molecule has 0 saturated heterocycles. The van der Waals surface area contributed by atoms with Crippen molar-refractivity contribution in [2.45, 2.75) is 64.6 Å². The van der Waals surface area contributed by atoms with Crippen LogP contribution in [-0.2, 0) is 13.1 Å². The highest BCUT2D eigenvalue weighted by atomic mass is 15.4. The zero-order chi connectivity index (χ0) is 19.9. The Hall–Kier alpha value is -2.61. The van der Waals surface area contributed by atoms with Crippen LogP contribution in [0.4, 0.5) is 0 Å². The van der Waals surface area contributed by atoms with Crippen LogP contribution in [0.5, 0.6) is 0 Å². The molecule has 1 unspecified atom stereocenters. The molecule has 1 fully saturated rings. The van der Waals surface area contributed by atoms with Gasteiger partial charge in [-0.25, -0.2) is 14.6 Å². The highest BCUT2D eigenvalue weighted by Crippen LogP contribution is 2.32. The Labute approximate surface area is 171 Å². The number of hydrogen-bond acceptors (Lipinski definition) is 6. The molecule has 29 heavy (non-hydrogen) atoms. The molecule has 1 atom stereocenters. The molecule has 8 heteroatoms. The summed E-state index contributed by atoms with van der Waals surface area (Å²) < 4.78 is 3.86. The van der Waals surface area contributed by atoms with E-state index in [9.17, 15) is 0 Å². The van der Waals surface area contributed by atoms with Crippen molar-refractivity contribution in [1.29, 1.82) is 0 Å². The Balaban J connectivity index is 1.48. The maximum Gasteiger partial charge on any atom is 0.152 e. The van der Waals surface area contributed by atoms with Gasteiger partial charge in [-0.3, -0.25) is 4.68 Å². The Morgan fingerprint density at radius 1 is 1.14 bits per heavy atom.